The molecule has 1 aromatic heterocycles. The molecule has 0 radical (unpaired) electrons. The lowest BCUT2D eigenvalue weighted by Crippen LogP contribution is -2.56. The first-order valence-corrected chi connectivity index (χ1v) is 23.0. The Morgan fingerprint density at radius 1 is 0.857 bits per heavy atom. The third kappa shape index (κ3) is 13.4. The average molecular weight is 961 g/mol. The molecule has 20 nitrogen and oxygen atoms in total. The van der Waals surface area contributed by atoms with Crippen LogP contribution in [0.15, 0.2) is 60.7 Å². The van der Waals surface area contributed by atoms with Crippen LogP contribution in [-0.4, -0.2) is 121 Å². The van der Waals surface area contributed by atoms with Crippen molar-refractivity contribution in [2.75, 3.05) is 53.0 Å². The Hall–Kier alpha value is -7.47. The van der Waals surface area contributed by atoms with E-state index >= 15 is 0 Å². The number of rotatable bonds is 17. The smallest absolute Gasteiger partial charge is 0.255 e. The van der Waals surface area contributed by atoms with E-state index in [-0.39, 0.29) is 68.8 Å². The second-order valence-electron chi connectivity index (χ2n) is 17.9. The van der Waals surface area contributed by atoms with E-state index in [4.69, 9.17) is 31.9 Å². The molecular formula is C50H64N12O8. The van der Waals surface area contributed by atoms with Crippen LogP contribution >= 0.6 is 0 Å². The number of aromatic nitrogens is 2. The fourth-order valence-corrected chi connectivity index (χ4v) is 7.92. The minimum Gasteiger partial charge on any atom is -0.492 e. The first-order valence-electron chi connectivity index (χ1n) is 23.0. The van der Waals surface area contributed by atoms with E-state index in [9.17, 15) is 28.8 Å². The number of amides is 6. The molecule has 0 saturated carbocycles. The number of nitriles is 1. The lowest BCUT2D eigenvalue weighted by Gasteiger charge is -2.32. The van der Waals surface area contributed by atoms with Crippen LogP contribution in [0.1, 0.15) is 78.6 Å². The molecule has 2 heterocycles. The van der Waals surface area contributed by atoms with Crippen molar-refractivity contribution in [3.8, 4) is 40.1 Å². The number of nitrogens with two attached hydrogens (primary N) is 3. The van der Waals surface area contributed by atoms with E-state index in [1.165, 1.54) is 14.0 Å². The van der Waals surface area contributed by atoms with Gasteiger partial charge in [-0.1, -0.05) is 57.2 Å². The predicted octanol–water partition coefficient (Wildman–Crippen LogP) is 1.35. The molecule has 3 aromatic carbocycles. The van der Waals surface area contributed by atoms with Gasteiger partial charge in [0.2, 0.25) is 29.5 Å². The van der Waals surface area contributed by atoms with Crippen molar-refractivity contribution in [2.45, 2.75) is 84.0 Å². The van der Waals surface area contributed by atoms with Crippen molar-refractivity contribution >= 4 is 35.4 Å². The molecule has 4 aromatic rings. The standard InChI is InChI=1S/C50H64N12O8/c1-28-42(29(2)58-44(57-28)32-9-12-34(13-10-32)50(4,5)6)47(66)56-27-41(63)60-37(16-17-51)49(68)62(7)43-33-11-15-40(70-23-20-54)36(26-33)35-24-31(8-14-39(35)69-22-19-53)25-38(46(65)55-21-18-52)61-45(64)30(3)59-48(43)67/h8-15,24,26,30,37-38,43H,16-17,19-23,25,27,51,53-54H2,1-7H3,(H,55,65)(H,56,66)(H,59,67)(H,60,63)(H,61,64)/t30-,37?,38-,43-/m0/s1. The number of hydrogen-bond donors (Lipinski definition) is 8. The lowest BCUT2D eigenvalue weighted by atomic mass is 9.86. The number of carbonyl (C=O) groups excluding carboxylic acids is 6. The maximum Gasteiger partial charge on any atom is 0.255 e. The summed E-state index contributed by atoms with van der Waals surface area (Å²) in [5.41, 5.74) is 22.3. The molecule has 6 amide bonds. The van der Waals surface area contributed by atoms with Gasteiger partial charge in [-0.15, -0.1) is 0 Å². The van der Waals surface area contributed by atoms with Crippen LogP contribution in [0.25, 0.3) is 22.5 Å². The molecule has 1 aliphatic rings. The molecule has 0 saturated heterocycles. The minimum absolute atomic E-state index is 0.0153. The van der Waals surface area contributed by atoms with Gasteiger partial charge in [0.05, 0.1) is 29.6 Å². The van der Waals surface area contributed by atoms with Gasteiger partial charge in [-0.3, -0.25) is 28.8 Å². The summed E-state index contributed by atoms with van der Waals surface area (Å²) in [5, 5.41) is 22.3. The van der Waals surface area contributed by atoms with Crippen LogP contribution in [-0.2, 0) is 35.8 Å². The molecule has 11 N–H and O–H groups in total. The fraction of sp³-hybridized carbons (Fsp3) is 0.420. The van der Waals surface area contributed by atoms with Crippen LogP contribution < -0.4 is 53.3 Å². The third-order valence-corrected chi connectivity index (χ3v) is 11.6. The topological polar surface area (TPSA) is 312 Å². The van der Waals surface area contributed by atoms with Gasteiger partial charge < -0.3 is 58.2 Å². The summed E-state index contributed by atoms with van der Waals surface area (Å²) in [6.45, 7) is 10.9. The third-order valence-electron chi connectivity index (χ3n) is 11.6. The first kappa shape index (κ1) is 53.5. The van der Waals surface area contributed by atoms with Crippen molar-refractivity contribution in [3.63, 3.8) is 0 Å². The van der Waals surface area contributed by atoms with Gasteiger partial charge >= 0.3 is 0 Å². The Morgan fingerprint density at radius 3 is 2.06 bits per heavy atom. The average Bonchev–Trinajstić information content (AvgIpc) is 3.32. The van der Waals surface area contributed by atoms with Gasteiger partial charge in [-0.2, -0.15) is 5.26 Å². The van der Waals surface area contributed by atoms with Crippen molar-refractivity contribution in [1.82, 2.24) is 41.5 Å². The fourth-order valence-electron chi connectivity index (χ4n) is 7.92. The SMILES string of the molecule is Cc1nc(-c2ccc(C(C)(C)C)cc2)nc(C)c1C(=O)NCC(=O)NC(CCN)C(=O)N(C)[C@@H]1C(=O)N[C@@H](C)C(=O)N[C@H](C(=O)NCC#N)Cc2ccc(OCCN)c(c2)-c2cc1ccc2OCCN. The highest BCUT2D eigenvalue weighted by atomic mass is 16.5. The molecule has 1 aliphatic heterocycles. The Labute approximate surface area is 407 Å². The zero-order chi connectivity index (χ0) is 51.3. The molecular weight excluding hydrogens is 897 g/mol. The molecule has 0 aliphatic carbocycles. The zero-order valence-corrected chi connectivity index (χ0v) is 40.7. The second-order valence-corrected chi connectivity index (χ2v) is 17.9. The van der Waals surface area contributed by atoms with E-state index in [2.05, 4.69) is 57.3 Å². The van der Waals surface area contributed by atoms with E-state index in [1.54, 1.807) is 50.2 Å². The number of aryl methyl sites for hydroxylation is 2. The molecule has 20 heteroatoms. The molecule has 4 bridgehead atoms. The van der Waals surface area contributed by atoms with Gasteiger partial charge in [0, 0.05) is 43.2 Å². The van der Waals surface area contributed by atoms with E-state index in [0.29, 0.717) is 45.4 Å². The summed E-state index contributed by atoms with van der Waals surface area (Å²) in [5.74, 6) is -3.01. The van der Waals surface area contributed by atoms with Crippen molar-refractivity contribution in [3.05, 3.63) is 94.3 Å². The lowest BCUT2D eigenvalue weighted by molar-refractivity contribution is -0.143. The normalized spacial score (nSPS) is 16.3. The van der Waals surface area contributed by atoms with E-state index < -0.39 is 66.2 Å². The Bertz CT molecular complexity index is 2590. The molecule has 0 spiro atoms. The van der Waals surface area contributed by atoms with Crippen molar-refractivity contribution in [1.29, 1.82) is 5.26 Å². The van der Waals surface area contributed by atoms with Crippen LogP contribution in [0.3, 0.4) is 0 Å². The molecule has 4 atom stereocenters. The van der Waals surface area contributed by atoms with Crippen LogP contribution in [0.4, 0.5) is 0 Å². The molecule has 5 rings (SSSR count). The van der Waals surface area contributed by atoms with Gasteiger partial charge in [0.25, 0.3) is 5.91 Å². The minimum atomic E-state index is -1.44. The monoisotopic (exact) mass is 960 g/mol. The summed E-state index contributed by atoms with van der Waals surface area (Å²) in [6, 6.07) is 14.6. The number of nitrogens with one attached hydrogen (secondary N) is 5. The summed E-state index contributed by atoms with van der Waals surface area (Å²) in [4.78, 5) is 93.6. The summed E-state index contributed by atoms with van der Waals surface area (Å²) < 4.78 is 12.2. The maximum atomic E-state index is 14.6. The number of hydrogen-bond acceptors (Lipinski definition) is 14. The number of nitrogens with zero attached hydrogens (tertiary/aromatic N) is 4. The Kier molecular flexibility index (Phi) is 18.5. The molecule has 1 unspecified atom stereocenters. The van der Waals surface area contributed by atoms with Gasteiger partial charge in [-0.25, -0.2) is 9.97 Å². The van der Waals surface area contributed by atoms with E-state index in [1.807, 2.05) is 30.3 Å². The summed E-state index contributed by atoms with van der Waals surface area (Å²) in [7, 11) is 1.37. The van der Waals surface area contributed by atoms with Crippen LogP contribution in [0.2, 0.25) is 0 Å². The Morgan fingerprint density at radius 2 is 1.47 bits per heavy atom. The maximum absolute atomic E-state index is 14.6. The second kappa shape index (κ2) is 24.2. The highest BCUT2D eigenvalue weighted by molar-refractivity contribution is 5.99. The van der Waals surface area contributed by atoms with Crippen LogP contribution in [0, 0.1) is 25.2 Å². The molecule has 70 heavy (non-hydrogen) atoms. The van der Waals surface area contributed by atoms with Gasteiger partial charge in [-0.05, 0) is 80.1 Å². The summed E-state index contributed by atoms with van der Waals surface area (Å²) >= 11 is 0. The predicted molar refractivity (Wildman–Crippen MR) is 262 cm³/mol. The first-order chi connectivity index (χ1) is 33.3. The number of fused-ring (bicyclic) bond motifs is 5. The van der Waals surface area contributed by atoms with Crippen LogP contribution in [0.5, 0.6) is 11.5 Å². The zero-order valence-electron chi connectivity index (χ0n) is 40.7. The number of likely N-dealkylation sites (N-methyl/N-ethyl adjacent to an activating group) is 1. The number of carbonyl (C=O) groups is 6. The quantitative estimate of drug-likeness (QED) is 0.0694. The summed E-state index contributed by atoms with van der Waals surface area (Å²) in [6.07, 6.45) is -0.0696. The van der Waals surface area contributed by atoms with Gasteiger partial charge in [0.15, 0.2) is 5.82 Å². The highest BCUT2D eigenvalue weighted by Crippen LogP contribution is 2.40. The molecule has 372 valence electrons. The Balaban J connectivity index is 1.46. The largest absolute Gasteiger partial charge is 0.492 e. The highest BCUT2D eigenvalue weighted by Gasteiger charge is 2.36. The van der Waals surface area contributed by atoms with Crippen molar-refractivity contribution in [2.24, 2.45) is 17.2 Å². The number of benzene rings is 3. The number of ether oxygens (including phenoxy) is 2. The van der Waals surface area contributed by atoms with E-state index in [0.717, 1.165) is 16.0 Å². The van der Waals surface area contributed by atoms with Gasteiger partial charge in [0.1, 0.15) is 55.4 Å². The molecule has 0 fully saturated rings. The van der Waals surface area contributed by atoms with Crippen molar-refractivity contribution < 1.29 is 38.2 Å².